The van der Waals surface area contributed by atoms with E-state index in [2.05, 4.69) is 52.3 Å². The first kappa shape index (κ1) is 12.2. The molecule has 1 saturated heterocycles. The number of hydrogen-bond donors (Lipinski definition) is 0. The Kier molecular flexibility index (Phi) is 3.01. The van der Waals surface area contributed by atoms with Crippen molar-refractivity contribution in [1.82, 2.24) is 10.1 Å². The average molecular weight is 257 g/mol. The van der Waals surface area contributed by atoms with E-state index < -0.39 is 0 Å². The predicted molar refractivity (Wildman–Crippen MR) is 74.3 cm³/mol. The molecule has 1 aromatic carbocycles. The first-order chi connectivity index (χ1) is 9.17. The van der Waals surface area contributed by atoms with E-state index in [-0.39, 0.29) is 5.41 Å². The van der Waals surface area contributed by atoms with E-state index in [9.17, 15) is 0 Å². The van der Waals surface area contributed by atoms with Gasteiger partial charge in [0.05, 0.1) is 5.41 Å². The molecule has 1 aliphatic rings. The van der Waals surface area contributed by atoms with Gasteiger partial charge in [-0.1, -0.05) is 30.3 Å². The molecule has 0 radical (unpaired) electrons. The quantitative estimate of drug-likeness (QED) is 0.829. The summed E-state index contributed by atoms with van der Waals surface area (Å²) >= 11 is 0. The number of aromatic nitrogens is 2. The predicted octanol–water partition coefficient (Wildman–Crippen LogP) is 2.94. The third kappa shape index (κ3) is 2.35. The summed E-state index contributed by atoms with van der Waals surface area (Å²) < 4.78 is 5.37. The van der Waals surface area contributed by atoms with Gasteiger partial charge in [-0.05, 0) is 31.9 Å². The Balaban J connectivity index is 1.72. The van der Waals surface area contributed by atoms with Gasteiger partial charge in [0.15, 0.2) is 5.82 Å². The van der Waals surface area contributed by atoms with Crippen molar-refractivity contribution in [2.45, 2.75) is 32.1 Å². The van der Waals surface area contributed by atoms with Crippen LogP contribution in [0.25, 0.3) is 0 Å². The number of rotatable bonds is 2. The maximum Gasteiger partial charge on any atom is 0.232 e. The average Bonchev–Trinajstić information content (AvgIpc) is 2.88. The molecule has 0 unspecified atom stereocenters. The summed E-state index contributed by atoms with van der Waals surface area (Å²) in [6.07, 6.45) is 2.09. The van der Waals surface area contributed by atoms with E-state index in [0.29, 0.717) is 0 Å². The molecular weight excluding hydrogens is 238 g/mol. The number of hydrogen-bond acceptors (Lipinski definition) is 4. The highest BCUT2D eigenvalue weighted by Crippen LogP contribution is 2.35. The van der Waals surface area contributed by atoms with Crippen LogP contribution in [0.15, 0.2) is 34.9 Å². The third-order valence-electron chi connectivity index (χ3n) is 4.03. The number of piperidine rings is 1. The van der Waals surface area contributed by atoms with E-state index in [1.165, 1.54) is 5.69 Å². The molecule has 3 rings (SSSR count). The highest BCUT2D eigenvalue weighted by atomic mass is 16.5. The number of anilines is 1. The van der Waals surface area contributed by atoms with E-state index in [1.807, 2.05) is 6.92 Å². The summed E-state index contributed by atoms with van der Waals surface area (Å²) in [6.45, 7) is 6.15. The van der Waals surface area contributed by atoms with Crippen LogP contribution in [0.5, 0.6) is 0 Å². The highest BCUT2D eigenvalue weighted by Gasteiger charge is 2.36. The highest BCUT2D eigenvalue weighted by molar-refractivity contribution is 5.46. The SMILES string of the molecule is Cc1noc(C2(C)CCN(c3ccccc3)CC2)n1. The molecule has 1 aromatic heterocycles. The summed E-state index contributed by atoms with van der Waals surface area (Å²) in [5, 5.41) is 3.91. The molecule has 0 aliphatic carbocycles. The van der Waals surface area contributed by atoms with Gasteiger partial charge < -0.3 is 9.42 Å². The molecule has 1 fully saturated rings. The normalized spacial score (nSPS) is 18.5. The van der Waals surface area contributed by atoms with Gasteiger partial charge in [-0.2, -0.15) is 4.98 Å². The lowest BCUT2D eigenvalue weighted by Gasteiger charge is -2.38. The summed E-state index contributed by atoms with van der Waals surface area (Å²) in [6, 6.07) is 10.6. The van der Waals surface area contributed by atoms with Crippen LogP contribution in [0.1, 0.15) is 31.5 Å². The van der Waals surface area contributed by atoms with Gasteiger partial charge in [0.25, 0.3) is 0 Å². The Morgan fingerprint density at radius 3 is 2.42 bits per heavy atom. The molecule has 2 heterocycles. The topological polar surface area (TPSA) is 42.2 Å². The van der Waals surface area contributed by atoms with Crippen molar-refractivity contribution < 1.29 is 4.52 Å². The van der Waals surface area contributed by atoms with Crippen molar-refractivity contribution in [2.75, 3.05) is 18.0 Å². The maximum absolute atomic E-state index is 5.37. The Labute approximate surface area is 113 Å². The summed E-state index contributed by atoms with van der Waals surface area (Å²) in [5.74, 6) is 1.51. The molecule has 1 aliphatic heterocycles. The first-order valence-electron chi connectivity index (χ1n) is 6.78. The Morgan fingerprint density at radius 2 is 1.84 bits per heavy atom. The van der Waals surface area contributed by atoms with Crippen LogP contribution in [0.2, 0.25) is 0 Å². The molecule has 0 atom stereocenters. The maximum atomic E-state index is 5.37. The minimum absolute atomic E-state index is 0.0204. The fourth-order valence-electron chi connectivity index (χ4n) is 2.65. The molecule has 100 valence electrons. The molecule has 0 bridgehead atoms. The zero-order valence-electron chi connectivity index (χ0n) is 11.5. The standard InChI is InChI=1S/C15H19N3O/c1-12-16-14(19-17-12)15(2)8-10-18(11-9-15)13-6-4-3-5-7-13/h3-7H,8-11H2,1-2H3. The smallest absolute Gasteiger partial charge is 0.232 e. The van der Waals surface area contributed by atoms with Crippen LogP contribution in [0.3, 0.4) is 0 Å². The van der Waals surface area contributed by atoms with Crippen molar-refractivity contribution in [3.8, 4) is 0 Å². The van der Waals surface area contributed by atoms with E-state index in [1.54, 1.807) is 0 Å². The first-order valence-corrected chi connectivity index (χ1v) is 6.78. The zero-order chi connectivity index (χ0) is 13.3. The molecule has 0 amide bonds. The van der Waals surface area contributed by atoms with E-state index in [4.69, 9.17) is 4.52 Å². The van der Waals surface area contributed by atoms with Crippen LogP contribution in [0.4, 0.5) is 5.69 Å². The zero-order valence-corrected chi connectivity index (χ0v) is 11.5. The lowest BCUT2D eigenvalue weighted by Crippen LogP contribution is -2.41. The van der Waals surface area contributed by atoms with Crippen molar-refractivity contribution >= 4 is 5.69 Å². The Bertz CT molecular complexity index is 542. The molecule has 2 aromatic rings. The summed E-state index contributed by atoms with van der Waals surface area (Å²) in [4.78, 5) is 6.83. The fraction of sp³-hybridized carbons (Fsp3) is 0.467. The Morgan fingerprint density at radius 1 is 1.16 bits per heavy atom. The second-order valence-corrected chi connectivity index (χ2v) is 5.53. The fourth-order valence-corrected chi connectivity index (χ4v) is 2.65. The number of aryl methyl sites for hydroxylation is 1. The number of para-hydroxylation sites is 1. The monoisotopic (exact) mass is 257 g/mol. The Hall–Kier alpha value is -1.84. The lowest BCUT2D eigenvalue weighted by molar-refractivity contribution is 0.252. The van der Waals surface area contributed by atoms with Gasteiger partial charge >= 0.3 is 0 Å². The van der Waals surface area contributed by atoms with Gasteiger partial charge in [0.2, 0.25) is 5.89 Å². The molecule has 0 spiro atoms. The van der Waals surface area contributed by atoms with Gasteiger partial charge in [-0.15, -0.1) is 0 Å². The minimum atomic E-state index is 0.0204. The summed E-state index contributed by atoms with van der Waals surface area (Å²) in [7, 11) is 0. The molecule has 4 nitrogen and oxygen atoms in total. The molecule has 4 heteroatoms. The van der Waals surface area contributed by atoms with Crippen molar-refractivity contribution in [3.63, 3.8) is 0 Å². The van der Waals surface area contributed by atoms with E-state index >= 15 is 0 Å². The van der Waals surface area contributed by atoms with Gasteiger partial charge in [-0.3, -0.25) is 0 Å². The molecule has 19 heavy (non-hydrogen) atoms. The lowest BCUT2D eigenvalue weighted by atomic mass is 9.80. The number of benzene rings is 1. The van der Waals surface area contributed by atoms with Gasteiger partial charge in [-0.25, -0.2) is 0 Å². The molecular formula is C15H19N3O. The van der Waals surface area contributed by atoms with Crippen LogP contribution < -0.4 is 4.90 Å². The van der Waals surface area contributed by atoms with Gasteiger partial charge in [0.1, 0.15) is 0 Å². The van der Waals surface area contributed by atoms with Crippen molar-refractivity contribution in [3.05, 3.63) is 42.0 Å². The second kappa shape index (κ2) is 4.68. The third-order valence-corrected chi connectivity index (χ3v) is 4.03. The van der Waals surface area contributed by atoms with Crippen molar-refractivity contribution in [1.29, 1.82) is 0 Å². The van der Waals surface area contributed by atoms with E-state index in [0.717, 1.165) is 37.6 Å². The number of nitrogens with zero attached hydrogens (tertiary/aromatic N) is 3. The van der Waals surface area contributed by atoms with Crippen molar-refractivity contribution in [2.24, 2.45) is 0 Å². The summed E-state index contributed by atoms with van der Waals surface area (Å²) in [5.41, 5.74) is 1.32. The van der Waals surface area contributed by atoms with Crippen LogP contribution in [-0.4, -0.2) is 23.2 Å². The largest absolute Gasteiger partial charge is 0.371 e. The van der Waals surface area contributed by atoms with Gasteiger partial charge in [0, 0.05) is 18.8 Å². The van der Waals surface area contributed by atoms with Crippen LogP contribution in [-0.2, 0) is 5.41 Å². The minimum Gasteiger partial charge on any atom is -0.371 e. The molecule has 0 N–H and O–H groups in total. The van der Waals surface area contributed by atoms with Crippen LogP contribution >= 0.6 is 0 Å². The molecule has 0 saturated carbocycles. The van der Waals surface area contributed by atoms with Crippen LogP contribution in [0, 0.1) is 6.92 Å². The second-order valence-electron chi connectivity index (χ2n) is 5.53.